The number of carbonyl (C=O) groups excluding carboxylic acids is 2. The van der Waals surface area contributed by atoms with E-state index in [0.717, 1.165) is 36.1 Å². The molecule has 3 N–H and O–H groups in total. The van der Waals surface area contributed by atoms with Gasteiger partial charge < -0.3 is 25.1 Å². The van der Waals surface area contributed by atoms with Gasteiger partial charge in [-0.2, -0.15) is 0 Å². The van der Waals surface area contributed by atoms with Gasteiger partial charge in [-0.15, -0.1) is 11.3 Å². The lowest BCUT2D eigenvalue weighted by Crippen LogP contribution is -2.56. The third-order valence-electron chi connectivity index (χ3n) is 4.50. The minimum atomic E-state index is -1.92. The fraction of sp³-hybridized carbons (Fsp3) is 0.421. The minimum Gasteiger partial charge on any atom is -0.462 e. The maximum absolute atomic E-state index is 12.6. The van der Waals surface area contributed by atoms with Crippen LogP contribution in [-0.4, -0.2) is 33.6 Å². The van der Waals surface area contributed by atoms with Gasteiger partial charge in [-0.1, -0.05) is 34.8 Å². The molecule has 0 radical (unpaired) electrons. The maximum Gasteiger partial charge on any atom is 0.341 e. The third kappa shape index (κ3) is 6.04. The molecule has 31 heavy (non-hydrogen) atoms. The third-order valence-corrected chi connectivity index (χ3v) is 6.58. The summed E-state index contributed by atoms with van der Waals surface area (Å²) in [5, 5.41) is 8.94. The number of amides is 1. The summed E-state index contributed by atoms with van der Waals surface area (Å²) in [5.41, 5.74) is 1.47. The number of rotatable bonds is 6. The fourth-order valence-electron chi connectivity index (χ4n) is 3.15. The summed E-state index contributed by atoms with van der Waals surface area (Å²) in [4.78, 5) is 26.0. The Balaban J connectivity index is 1.77. The van der Waals surface area contributed by atoms with E-state index in [-0.39, 0.29) is 17.5 Å². The van der Waals surface area contributed by atoms with Gasteiger partial charge in [-0.3, -0.25) is 4.79 Å². The van der Waals surface area contributed by atoms with Crippen molar-refractivity contribution in [3.05, 3.63) is 40.2 Å². The zero-order valence-corrected chi connectivity index (χ0v) is 20.3. The number of thiophene rings is 1. The van der Waals surface area contributed by atoms with Crippen LogP contribution in [0.4, 0.5) is 5.00 Å². The molecule has 3 rings (SSSR count). The number of alkyl halides is 3. The average Bonchev–Trinajstić information content (AvgIpc) is 3.34. The van der Waals surface area contributed by atoms with E-state index in [1.54, 1.807) is 13.0 Å². The molecule has 2 heterocycles. The number of ether oxygens (including phenoxy) is 1. The van der Waals surface area contributed by atoms with Crippen molar-refractivity contribution in [2.24, 2.45) is 0 Å². The number of thiocarbonyl (C=S) groups is 1. The van der Waals surface area contributed by atoms with Gasteiger partial charge in [0.2, 0.25) is 3.79 Å². The van der Waals surface area contributed by atoms with Crippen molar-refractivity contribution in [3.63, 3.8) is 0 Å². The molecule has 1 amide bonds. The molecule has 0 aliphatic heterocycles. The Bertz CT molecular complexity index is 957. The molecular weight excluding hydrogens is 505 g/mol. The number of halogens is 3. The van der Waals surface area contributed by atoms with Crippen LogP contribution >= 0.6 is 58.4 Å². The first kappa shape index (κ1) is 24.1. The molecule has 12 heteroatoms. The van der Waals surface area contributed by atoms with Crippen LogP contribution in [0.15, 0.2) is 22.8 Å². The molecule has 1 aliphatic rings. The van der Waals surface area contributed by atoms with E-state index in [0.29, 0.717) is 10.6 Å². The highest BCUT2D eigenvalue weighted by molar-refractivity contribution is 7.80. The molecular formula is C19H20Cl3N3O4S2. The Morgan fingerprint density at radius 1 is 1.29 bits per heavy atom. The predicted octanol–water partition coefficient (Wildman–Crippen LogP) is 4.81. The lowest BCUT2D eigenvalue weighted by atomic mass is 9.95. The van der Waals surface area contributed by atoms with Crippen molar-refractivity contribution in [2.75, 3.05) is 11.9 Å². The van der Waals surface area contributed by atoms with Gasteiger partial charge in [0.05, 0.1) is 18.4 Å². The highest BCUT2D eigenvalue weighted by Gasteiger charge is 2.36. The highest BCUT2D eigenvalue weighted by Crippen LogP contribution is 2.38. The van der Waals surface area contributed by atoms with Crippen molar-refractivity contribution >= 4 is 80.3 Å². The molecule has 1 aliphatic carbocycles. The van der Waals surface area contributed by atoms with Crippen molar-refractivity contribution < 1.29 is 18.7 Å². The van der Waals surface area contributed by atoms with Crippen LogP contribution in [0.5, 0.6) is 0 Å². The van der Waals surface area contributed by atoms with Crippen LogP contribution in [0.25, 0.3) is 0 Å². The van der Waals surface area contributed by atoms with E-state index in [9.17, 15) is 9.59 Å². The number of furan rings is 1. The second kappa shape index (κ2) is 10.4. The van der Waals surface area contributed by atoms with Crippen LogP contribution in [0, 0.1) is 0 Å². The molecule has 0 aromatic carbocycles. The van der Waals surface area contributed by atoms with E-state index in [2.05, 4.69) is 16.0 Å². The van der Waals surface area contributed by atoms with Crippen LogP contribution in [0.1, 0.15) is 51.1 Å². The van der Waals surface area contributed by atoms with Gasteiger partial charge in [-0.25, -0.2) is 4.79 Å². The Morgan fingerprint density at radius 2 is 2.03 bits per heavy atom. The van der Waals surface area contributed by atoms with Crippen LogP contribution in [0.2, 0.25) is 0 Å². The summed E-state index contributed by atoms with van der Waals surface area (Å²) in [6.45, 7) is 2.02. The number of anilines is 1. The summed E-state index contributed by atoms with van der Waals surface area (Å²) < 4.78 is 8.37. The number of carbonyl (C=O) groups is 2. The van der Waals surface area contributed by atoms with Crippen LogP contribution in [0.3, 0.4) is 0 Å². The van der Waals surface area contributed by atoms with Crippen molar-refractivity contribution in [3.8, 4) is 0 Å². The zero-order valence-electron chi connectivity index (χ0n) is 16.4. The first-order valence-electron chi connectivity index (χ1n) is 9.51. The van der Waals surface area contributed by atoms with E-state index in [4.69, 9.17) is 56.2 Å². The standard InChI is InChI=1S/C19H20Cl3N3O4S2/c1-2-28-16(27)13-10-6-3-4-8-12(10)31-15(13)24-18(30)25-17(19(20,21)22)23-14(26)11-7-5-9-29-11/h5,7,9,17H,2-4,6,8H2,1H3,(H,23,26)(H2,24,25,30)/t17-/m0/s1. The van der Waals surface area contributed by atoms with Crippen molar-refractivity contribution in [1.82, 2.24) is 10.6 Å². The highest BCUT2D eigenvalue weighted by atomic mass is 35.6. The summed E-state index contributed by atoms with van der Waals surface area (Å²) >= 11 is 24.9. The van der Waals surface area contributed by atoms with Crippen LogP contribution in [-0.2, 0) is 17.6 Å². The normalized spacial score (nSPS) is 14.3. The lowest BCUT2D eigenvalue weighted by Gasteiger charge is -2.27. The molecule has 0 fully saturated rings. The Labute approximate surface area is 203 Å². The van der Waals surface area contributed by atoms with Gasteiger partial charge >= 0.3 is 5.97 Å². The second-order valence-corrected chi connectivity index (χ2v) is 10.5. The average molecular weight is 525 g/mol. The smallest absolute Gasteiger partial charge is 0.341 e. The van der Waals surface area contributed by atoms with E-state index >= 15 is 0 Å². The van der Waals surface area contributed by atoms with Gasteiger partial charge in [0.25, 0.3) is 5.91 Å². The number of aryl methyl sites for hydroxylation is 1. The minimum absolute atomic E-state index is 0.0513. The second-order valence-electron chi connectivity index (χ2n) is 6.66. The van der Waals surface area contributed by atoms with Gasteiger partial charge in [0.1, 0.15) is 11.2 Å². The molecule has 1 atom stereocenters. The molecule has 0 saturated carbocycles. The predicted molar refractivity (Wildman–Crippen MR) is 127 cm³/mol. The fourth-order valence-corrected chi connectivity index (χ4v) is 5.05. The lowest BCUT2D eigenvalue weighted by molar-refractivity contribution is 0.0526. The van der Waals surface area contributed by atoms with E-state index < -0.39 is 21.8 Å². The SMILES string of the molecule is CCOC(=O)c1c(NC(=S)N[C@H](NC(=O)c2ccco2)C(Cl)(Cl)Cl)sc2c1CCCC2. The Morgan fingerprint density at radius 3 is 2.68 bits per heavy atom. The topological polar surface area (TPSA) is 92.6 Å². The van der Waals surface area contributed by atoms with Crippen LogP contribution < -0.4 is 16.0 Å². The number of hydrogen-bond donors (Lipinski definition) is 3. The molecule has 2 aromatic heterocycles. The van der Waals surface area contributed by atoms with Crippen molar-refractivity contribution in [2.45, 2.75) is 42.6 Å². The monoisotopic (exact) mass is 523 g/mol. The number of fused-ring (bicyclic) bond motifs is 1. The van der Waals surface area contributed by atoms with E-state index in [1.165, 1.54) is 23.7 Å². The Hall–Kier alpha value is -1.52. The molecule has 0 unspecified atom stereocenters. The first-order chi connectivity index (χ1) is 14.7. The zero-order chi connectivity index (χ0) is 22.6. The molecule has 168 valence electrons. The summed E-state index contributed by atoms with van der Waals surface area (Å²) in [6, 6.07) is 3.04. The number of esters is 1. The molecule has 7 nitrogen and oxygen atoms in total. The molecule has 2 aromatic rings. The Kier molecular flexibility index (Phi) is 8.09. The quantitative estimate of drug-likeness (QED) is 0.216. The number of nitrogens with one attached hydrogen (secondary N) is 3. The molecule has 0 saturated heterocycles. The first-order valence-corrected chi connectivity index (χ1v) is 11.9. The van der Waals surface area contributed by atoms with E-state index in [1.807, 2.05) is 0 Å². The molecule has 0 bridgehead atoms. The maximum atomic E-state index is 12.6. The summed E-state index contributed by atoms with van der Waals surface area (Å²) in [7, 11) is 0. The largest absolute Gasteiger partial charge is 0.462 e. The van der Waals surface area contributed by atoms with Gasteiger partial charge in [0.15, 0.2) is 10.9 Å². The molecule has 0 spiro atoms. The van der Waals surface area contributed by atoms with Gasteiger partial charge in [-0.05, 0) is 62.5 Å². The summed E-state index contributed by atoms with van der Waals surface area (Å²) in [5.74, 6) is -0.942. The van der Waals surface area contributed by atoms with Gasteiger partial charge in [0, 0.05) is 4.88 Å². The van der Waals surface area contributed by atoms with Crippen molar-refractivity contribution in [1.29, 1.82) is 0 Å². The number of hydrogen-bond acceptors (Lipinski definition) is 6. The summed E-state index contributed by atoms with van der Waals surface area (Å²) in [6.07, 6.45) is 3.95.